The minimum Gasteiger partial charge on any atom is -0.634 e. The van der Waals surface area contributed by atoms with Gasteiger partial charge in [0.2, 0.25) is 0 Å². The van der Waals surface area contributed by atoms with Crippen molar-refractivity contribution in [2.75, 3.05) is 7.05 Å². The molecule has 1 aliphatic heterocycles. The molecule has 1 rings (SSSR count). The molecule has 130 valence electrons. The first kappa shape index (κ1) is 19.4. The summed E-state index contributed by atoms with van der Waals surface area (Å²) in [7, 11) is 1.73. The highest BCUT2D eigenvalue weighted by atomic mass is 16.6. The molecular weight excluding hydrogens is 282 g/mol. The van der Waals surface area contributed by atoms with E-state index >= 15 is 0 Å². The zero-order valence-corrected chi connectivity index (χ0v) is 14.1. The van der Waals surface area contributed by atoms with E-state index in [2.05, 4.69) is 5.32 Å². The maximum Gasteiger partial charge on any atom is 0.303 e. The molecule has 1 aliphatic rings. The van der Waals surface area contributed by atoms with Gasteiger partial charge in [0.25, 0.3) is 0 Å². The van der Waals surface area contributed by atoms with Crippen molar-refractivity contribution in [2.45, 2.75) is 95.5 Å². The van der Waals surface area contributed by atoms with E-state index in [0.717, 1.165) is 38.5 Å². The molecule has 5 nitrogen and oxygen atoms in total. The number of unbranched alkanes of at least 4 members (excludes halogenated alkanes) is 8. The first-order valence-electron chi connectivity index (χ1n) is 8.68. The van der Waals surface area contributed by atoms with Gasteiger partial charge < -0.3 is 20.3 Å². The number of hydrogen-bond donors (Lipinski definition) is 2. The van der Waals surface area contributed by atoms with Gasteiger partial charge in [-0.3, -0.25) is 4.79 Å². The van der Waals surface area contributed by atoms with Crippen LogP contribution in [-0.4, -0.2) is 41.2 Å². The monoisotopic (exact) mass is 314 g/mol. The van der Waals surface area contributed by atoms with Gasteiger partial charge in [0.15, 0.2) is 0 Å². The summed E-state index contributed by atoms with van der Waals surface area (Å²) in [5.74, 6) is -0.688. The van der Waals surface area contributed by atoms with Crippen LogP contribution < -0.4 is 0 Å². The van der Waals surface area contributed by atoms with Gasteiger partial charge >= 0.3 is 5.97 Å². The van der Waals surface area contributed by atoms with Crippen molar-refractivity contribution in [3.8, 4) is 0 Å². The van der Waals surface area contributed by atoms with E-state index in [-0.39, 0.29) is 12.2 Å². The maximum atomic E-state index is 10.4. The third-order valence-electron chi connectivity index (χ3n) is 4.52. The van der Waals surface area contributed by atoms with Crippen LogP contribution in [0.25, 0.3) is 5.32 Å². The summed E-state index contributed by atoms with van der Waals surface area (Å²) in [5, 5.41) is 22.6. The number of epoxide rings is 1. The van der Waals surface area contributed by atoms with Gasteiger partial charge in [0.05, 0.1) is 12.2 Å². The average molecular weight is 314 g/mol. The standard InChI is InChI=1S/C17H32NO4/c1-17(18-2)16(22-17)14(19)12-10-8-6-4-3-5-7-9-11-13-15(20)21/h14,16,19H,3-13H2,1-2H3,(H,20,21)/q-1/t14-,16-,17-/m0/s1. The summed E-state index contributed by atoms with van der Waals surface area (Å²) >= 11 is 0. The van der Waals surface area contributed by atoms with Gasteiger partial charge in [-0.05, 0) is 12.8 Å². The SMILES string of the molecule is C[N-][C@@]1(C)O[C@H]1[C@@H](O)CCCCCCCCCCCC(=O)O. The van der Waals surface area contributed by atoms with E-state index in [1.807, 2.05) is 6.92 Å². The summed E-state index contributed by atoms with van der Waals surface area (Å²) in [6, 6.07) is 0. The molecule has 5 heteroatoms. The van der Waals surface area contributed by atoms with Gasteiger partial charge in [-0.25, -0.2) is 0 Å². The molecule has 0 aliphatic carbocycles. The van der Waals surface area contributed by atoms with Gasteiger partial charge in [-0.15, -0.1) is 0 Å². The van der Waals surface area contributed by atoms with Crippen LogP contribution in [0.1, 0.15) is 77.6 Å². The van der Waals surface area contributed by atoms with Crippen molar-refractivity contribution < 1.29 is 19.7 Å². The molecular formula is C17H32NO4-. The molecule has 0 amide bonds. The van der Waals surface area contributed by atoms with Crippen molar-refractivity contribution in [2.24, 2.45) is 0 Å². The number of nitrogens with zero attached hydrogens (tertiary/aromatic N) is 1. The number of aliphatic hydroxyl groups excluding tert-OH is 1. The predicted molar refractivity (Wildman–Crippen MR) is 87.0 cm³/mol. The van der Waals surface area contributed by atoms with Crippen molar-refractivity contribution in [3.05, 3.63) is 5.32 Å². The van der Waals surface area contributed by atoms with E-state index in [9.17, 15) is 9.90 Å². The number of hydrogen-bond acceptors (Lipinski definition) is 3. The smallest absolute Gasteiger partial charge is 0.303 e. The van der Waals surface area contributed by atoms with Crippen LogP contribution in [0.4, 0.5) is 0 Å². The number of rotatable bonds is 14. The minimum atomic E-state index is -0.688. The highest BCUT2D eigenvalue weighted by Gasteiger charge is 2.47. The summed E-state index contributed by atoms with van der Waals surface area (Å²) in [5.41, 5.74) is -0.444. The third kappa shape index (κ3) is 7.56. The molecule has 0 aromatic carbocycles. The fourth-order valence-electron chi connectivity index (χ4n) is 2.86. The van der Waals surface area contributed by atoms with Crippen molar-refractivity contribution >= 4 is 5.97 Å². The van der Waals surface area contributed by atoms with E-state index in [1.165, 1.54) is 25.7 Å². The second-order valence-corrected chi connectivity index (χ2v) is 6.50. The molecule has 0 spiro atoms. The number of carboxylic acid groups (broad SMARTS) is 1. The second kappa shape index (κ2) is 10.2. The highest BCUT2D eigenvalue weighted by molar-refractivity contribution is 5.66. The molecule has 2 N–H and O–H groups in total. The van der Waals surface area contributed by atoms with Crippen LogP contribution >= 0.6 is 0 Å². The van der Waals surface area contributed by atoms with Crippen LogP contribution in [0, 0.1) is 0 Å². The zero-order valence-electron chi connectivity index (χ0n) is 14.1. The first-order valence-corrected chi connectivity index (χ1v) is 8.68. The number of carbonyl (C=O) groups is 1. The highest BCUT2D eigenvalue weighted by Crippen LogP contribution is 2.43. The van der Waals surface area contributed by atoms with E-state index in [0.29, 0.717) is 6.42 Å². The molecule has 0 bridgehead atoms. The summed E-state index contributed by atoms with van der Waals surface area (Å²) in [4.78, 5) is 10.4. The molecule has 0 aromatic heterocycles. The van der Waals surface area contributed by atoms with E-state index < -0.39 is 11.7 Å². The molecule has 1 fully saturated rings. The zero-order chi connectivity index (χ0) is 16.4. The van der Waals surface area contributed by atoms with Gasteiger partial charge in [0, 0.05) is 12.1 Å². The summed E-state index contributed by atoms with van der Waals surface area (Å²) in [6.45, 7) is 1.91. The Morgan fingerprint density at radius 3 is 2.05 bits per heavy atom. The minimum absolute atomic E-state index is 0.108. The Balaban J connectivity index is 1.81. The maximum absolute atomic E-state index is 10.4. The molecule has 22 heavy (non-hydrogen) atoms. The Hall–Kier alpha value is -0.650. The van der Waals surface area contributed by atoms with E-state index in [1.54, 1.807) is 7.05 Å². The van der Waals surface area contributed by atoms with Crippen LogP contribution in [0.3, 0.4) is 0 Å². The van der Waals surface area contributed by atoms with Gasteiger partial charge in [0.1, 0.15) is 0 Å². The lowest BCUT2D eigenvalue weighted by Gasteiger charge is -2.20. The predicted octanol–water partition coefficient (Wildman–Crippen LogP) is 3.84. The second-order valence-electron chi connectivity index (χ2n) is 6.50. The van der Waals surface area contributed by atoms with Crippen LogP contribution in [0.5, 0.6) is 0 Å². The molecule has 1 heterocycles. The van der Waals surface area contributed by atoms with Crippen LogP contribution in [0.2, 0.25) is 0 Å². The third-order valence-corrected chi connectivity index (χ3v) is 4.52. The number of carboxylic acids is 1. The Morgan fingerprint density at radius 1 is 1.09 bits per heavy atom. The lowest BCUT2D eigenvalue weighted by Crippen LogP contribution is -2.21. The molecule has 1 saturated heterocycles. The van der Waals surface area contributed by atoms with Crippen molar-refractivity contribution in [3.63, 3.8) is 0 Å². The average Bonchev–Trinajstić information content (AvgIpc) is 3.17. The van der Waals surface area contributed by atoms with Crippen LogP contribution in [0.15, 0.2) is 0 Å². The molecule has 0 unspecified atom stereocenters. The first-order chi connectivity index (χ1) is 10.5. The normalized spacial score (nSPS) is 25.1. The lowest BCUT2D eigenvalue weighted by atomic mass is 10.0. The topological polar surface area (TPSA) is 84.2 Å². The van der Waals surface area contributed by atoms with E-state index in [4.69, 9.17) is 9.84 Å². The molecule has 3 atom stereocenters. The Morgan fingerprint density at radius 2 is 1.59 bits per heavy atom. The number of aliphatic hydroxyl groups is 1. The van der Waals surface area contributed by atoms with Crippen LogP contribution in [-0.2, 0) is 9.53 Å². The number of aliphatic carboxylic acids is 1. The quantitative estimate of drug-likeness (QED) is 0.377. The summed E-state index contributed by atoms with van der Waals surface area (Å²) < 4.78 is 5.42. The van der Waals surface area contributed by atoms with Gasteiger partial charge in [-0.1, -0.05) is 58.3 Å². The van der Waals surface area contributed by atoms with Crippen molar-refractivity contribution in [1.29, 1.82) is 0 Å². The number of ether oxygens (including phenoxy) is 1. The Bertz CT molecular complexity index is 324. The Labute approximate surface area is 134 Å². The number of likely N-dealkylation sites (N-methyl/N-ethyl adjacent to an activating group) is 1. The molecule has 0 aromatic rings. The fraction of sp³-hybridized carbons (Fsp3) is 0.941. The summed E-state index contributed by atoms with van der Waals surface area (Å²) in [6.07, 6.45) is 10.7. The molecule has 0 radical (unpaired) electrons. The fourth-order valence-corrected chi connectivity index (χ4v) is 2.86. The largest absolute Gasteiger partial charge is 0.634 e. The Kier molecular flexibility index (Phi) is 8.98. The molecule has 0 saturated carbocycles. The van der Waals surface area contributed by atoms with Crippen molar-refractivity contribution in [1.82, 2.24) is 0 Å². The van der Waals surface area contributed by atoms with Gasteiger partial charge in [-0.2, -0.15) is 7.05 Å². The lowest BCUT2D eigenvalue weighted by molar-refractivity contribution is -0.137.